The first kappa shape index (κ1) is 14.1. The van der Waals surface area contributed by atoms with Gasteiger partial charge in [-0.05, 0) is 48.6 Å². The number of halogens is 3. The lowest BCUT2D eigenvalue weighted by molar-refractivity contribution is 0.585. The molecule has 0 spiro atoms. The first-order valence-corrected chi connectivity index (χ1v) is 5.99. The molecule has 0 aliphatic heterocycles. The Kier molecular flexibility index (Phi) is 4.41. The van der Waals surface area contributed by atoms with E-state index in [0.717, 1.165) is 12.1 Å². The predicted octanol–water partition coefficient (Wildman–Crippen LogP) is 3.42. The molecule has 0 radical (unpaired) electrons. The Hall–Kier alpha value is -2.28. The van der Waals surface area contributed by atoms with E-state index in [0.29, 0.717) is 5.69 Å². The summed E-state index contributed by atoms with van der Waals surface area (Å²) in [6, 6.07) is 8.65. The molecular formula is C13H10F3N3S. The van der Waals surface area contributed by atoms with Gasteiger partial charge in [-0.25, -0.2) is 13.2 Å². The van der Waals surface area contributed by atoms with Crippen LogP contribution in [0.3, 0.4) is 0 Å². The van der Waals surface area contributed by atoms with Crippen LogP contribution in [0, 0.1) is 17.5 Å². The minimum Gasteiger partial charge on any atom is -0.331 e. The molecule has 0 fully saturated rings. The van der Waals surface area contributed by atoms with Crippen molar-refractivity contribution in [3.05, 3.63) is 59.9 Å². The molecule has 0 aromatic heterocycles. The molecule has 3 nitrogen and oxygen atoms in total. The molecule has 104 valence electrons. The smallest absolute Gasteiger partial charge is 0.189 e. The van der Waals surface area contributed by atoms with Gasteiger partial charge in [-0.1, -0.05) is 0 Å². The fourth-order valence-electron chi connectivity index (χ4n) is 1.41. The highest BCUT2D eigenvalue weighted by atomic mass is 32.1. The molecule has 2 aromatic rings. The van der Waals surface area contributed by atoms with E-state index in [4.69, 9.17) is 12.2 Å². The lowest BCUT2D eigenvalue weighted by Gasteiger charge is -2.13. The number of thiocarbonyl (C=S) groups is 1. The van der Waals surface area contributed by atoms with Gasteiger partial charge in [-0.2, -0.15) is 0 Å². The van der Waals surface area contributed by atoms with E-state index in [2.05, 4.69) is 16.2 Å². The third kappa shape index (κ3) is 3.86. The minimum atomic E-state index is -0.748. The lowest BCUT2D eigenvalue weighted by atomic mass is 10.3. The van der Waals surface area contributed by atoms with Crippen LogP contribution < -0.4 is 16.2 Å². The van der Waals surface area contributed by atoms with Crippen molar-refractivity contribution in [3.63, 3.8) is 0 Å². The van der Waals surface area contributed by atoms with Crippen LogP contribution in [0.2, 0.25) is 0 Å². The van der Waals surface area contributed by atoms with Crippen molar-refractivity contribution in [1.29, 1.82) is 0 Å². The molecule has 0 saturated carbocycles. The molecule has 0 heterocycles. The van der Waals surface area contributed by atoms with E-state index in [9.17, 15) is 13.2 Å². The van der Waals surface area contributed by atoms with Gasteiger partial charge in [0.25, 0.3) is 0 Å². The number of hydrazine groups is 1. The van der Waals surface area contributed by atoms with E-state index in [-0.39, 0.29) is 16.6 Å². The summed E-state index contributed by atoms with van der Waals surface area (Å²) in [6.07, 6.45) is 0. The largest absolute Gasteiger partial charge is 0.331 e. The third-order valence-corrected chi connectivity index (χ3v) is 2.55. The second-order valence-electron chi connectivity index (χ2n) is 3.84. The van der Waals surface area contributed by atoms with Crippen LogP contribution in [-0.4, -0.2) is 5.11 Å². The van der Waals surface area contributed by atoms with Crippen molar-refractivity contribution in [2.45, 2.75) is 0 Å². The van der Waals surface area contributed by atoms with Crippen molar-refractivity contribution < 1.29 is 13.2 Å². The maximum absolute atomic E-state index is 13.3. The van der Waals surface area contributed by atoms with E-state index in [1.165, 1.54) is 30.3 Å². The van der Waals surface area contributed by atoms with Crippen LogP contribution in [0.1, 0.15) is 0 Å². The van der Waals surface area contributed by atoms with Gasteiger partial charge < -0.3 is 5.32 Å². The quantitative estimate of drug-likeness (QED) is 0.599. The van der Waals surface area contributed by atoms with Crippen molar-refractivity contribution in [2.75, 3.05) is 10.7 Å². The van der Waals surface area contributed by atoms with Crippen LogP contribution >= 0.6 is 12.2 Å². The average Bonchev–Trinajstić information content (AvgIpc) is 2.40. The fourth-order valence-corrected chi connectivity index (χ4v) is 1.58. The zero-order valence-corrected chi connectivity index (χ0v) is 10.9. The molecule has 2 aromatic carbocycles. The van der Waals surface area contributed by atoms with Gasteiger partial charge in [0.2, 0.25) is 0 Å². The first-order chi connectivity index (χ1) is 9.54. The highest BCUT2D eigenvalue weighted by Gasteiger charge is 2.04. The Morgan fingerprint density at radius 1 is 0.900 bits per heavy atom. The fraction of sp³-hybridized carbons (Fsp3) is 0. The summed E-state index contributed by atoms with van der Waals surface area (Å²) in [6.45, 7) is 0. The molecule has 0 unspecified atom stereocenters. The van der Waals surface area contributed by atoms with Gasteiger partial charge in [0.15, 0.2) is 10.9 Å². The Morgan fingerprint density at radius 3 is 2.20 bits per heavy atom. The summed E-state index contributed by atoms with van der Waals surface area (Å²) >= 11 is 4.96. The molecular weight excluding hydrogens is 287 g/mol. The normalized spacial score (nSPS) is 9.95. The van der Waals surface area contributed by atoms with E-state index in [1.54, 1.807) is 0 Å². The van der Waals surface area contributed by atoms with Gasteiger partial charge in [-0.3, -0.25) is 10.9 Å². The van der Waals surface area contributed by atoms with Gasteiger partial charge in [0.05, 0.1) is 5.69 Å². The summed E-state index contributed by atoms with van der Waals surface area (Å²) in [5.74, 6) is -1.77. The molecule has 2 rings (SSSR count). The van der Waals surface area contributed by atoms with E-state index < -0.39 is 11.6 Å². The summed E-state index contributed by atoms with van der Waals surface area (Å²) in [5.41, 5.74) is 5.66. The van der Waals surface area contributed by atoms with Crippen molar-refractivity contribution in [3.8, 4) is 0 Å². The van der Waals surface area contributed by atoms with Crippen molar-refractivity contribution >= 4 is 28.7 Å². The Bertz CT molecular complexity index is 617. The number of rotatable bonds is 3. The van der Waals surface area contributed by atoms with Crippen molar-refractivity contribution in [2.24, 2.45) is 0 Å². The Morgan fingerprint density at radius 2 is 1.55 bits per heavy atom. The number of hydrogen-bond donors (Lipinski definition) is 3. The SMILES string of the molecule is Fc1ccc(NC(=S)NNc2ccc(F)cc2F)cc1. The summed E-state index contributed by atoms with van der Waals surface area (Å²) in [7, 11) is 0. The second kappa shape index (κ2) is 6.25. The first-order valence-electron chi connectivity index (χ1n) is 5.58. The Labute approximate surface area is 118 Å². The Balaban J connectivity index is 1.90. The van der Waals surface area contributed by atoms with Gasteiger partial charge in [-0.15, -0.1) is 0 Å². The van der Waals surface area contributed by atoms with Crippen LogP contribution in [0.4, 0.5) is 24.5 Å². The zero-order chi connectivity index (χ0) is 14.5. The molecule has 0 atom stereocenters. The molecule has 0 amide bonds. The molecule has 3 N–H and O–H groups in total. The van der Waals surface area contributed by atoms with E-state index in [1.807, 2.05) is 0 Å². The van der Waals surface area contributed by atoms with Crippen molar-refractivity contribution in [1.82, 2.24) is 5.43 Å². The maximum atomic E-state index is 13.3. The number of hydrogen-bond acceptors (Lipinski definition) is 2. The molecule has 0 bridgehead atoms. The standard InChI is InChI=1S/C13H10F3N3S/c14-8-1-4-10(5-2-8)17-13(20)19-18-12-6-3-9(15)7-11(12)16/h1-7,18H,(H2,17,19,20). The van der Waals surface area contributed by atoms with Crippen LogP contribution in [0.5, 0.6) is 0 Å². The van der Waals surface area contributed by atoms with Gasteiger partial charge in [0.1, 0.15) is 11.6 Å². The van der Waals surface area contributed by atoms with Gasteiger partial charge in [0, 0.05) is 11.8 Å². The zero-order valence-electron chi connectivity index (χ0n) is 10.1. The second-order valence-corrected chi connectivity index (χ2v) is 4.24. The van der Waals surface area contributed by atoms with Crippen LogP contribution in [0.15, 0.2) is 42.5 Å². The highest BCUT2D eigenvalue weighted by Crippen LogP contribution is 2.14. The summed E-state index contributed by atoms with van der Waals surface area (Å²) in [4.78, 5) is 0. The van der Waals surface area contributed by atoms with Crippen LogP contribution in [-0.2, 0) is 0 Å². The maximum Gasteiger partial charge on any atom is 0.189 e. The third-order valence-electron chi connectivity index (χ3n) is 2.34. The summed E-state index contributed by atoms with van der Waals surface area (Å²) in [5, 5.41) is 2.92. The topological polar surface area (TPSA) is 36.1 Å². The molecule has 0 aliphatic rings. The number of anilines is 2. The molecule has 0 aliphatic carbocycles. The monoisotopic (exact) mass is 297 g/mol. The van der Waals surface area contributed by atoms with E-state index >= 15 is 0 Å². The predicted molar refractivity (Wildman–Crippen MR) is 75.7 cm³/mol. The average molecular weight is 297 g/mol. The lowest BCUT2D eigenvalue weighted by Crippen LogP contribution is -2.33. The highest BCUT2D eigenvalue weighted by molar-refractivity contribution is 7.80. The number of benzene rings is 2. The molecule has 20 heavy (non-hydrogen) atoms. The summed E-state index contributed by atoms with van der Waals surface area (Å²) < 4.78 is 38.7. The minimum absolute atomic E-state index is 0.0506. The van der Waals surface area contributed by atoms with Gasteiger partial charge >= 0.3 is 0 Å². The molecule has 0 saturated heterocycles. The molecule has 7 heteroatoms. The number of nitrogens with one attached hydrogen (secondary N) is 3. The van der Waals surface area contributed by atoms with Crippen LogP contribution in [0.25, 0.3) is 0 Å².